The van der Waals surface area contributed by atoms with Crippen LogP contribution in [-0.2, 0) is 9.59 Å². The second-order valence-corrected chi connectivity index (χ2v) is 5.72. The second kappa shape index (κ2) is 6.93. The fourth-order valence-corrected chi connectivity index (χ4v) is 2.63. The molecule has 0 bridgehead atoms. The van der Waals surface area contributed by atoms with E-state index in [-0.39, 0.29) is 11.2 Å². The Kier molecular flexibility index (Phi) is 5.87. The topological polar surface area (TPSA) is 34.1 Å². The maximum absolute atomic E-state index is 12.0. The minimum Gasteiger partial charge on any atom is -0.300 e. The van der Waals surface area contributed by atoms with Gasteiger partial charge in [-0.3, -0.25) is 9.59 Å². The molecule has 98 valence electrons. The highest BCUT2D eigenvalue weighted by Gasteiger charge is 2.39. The lowest BCUT2D eigenvalue weighted by Gasteiger charge is -2.20. The summed E-state index contributed by atoms with van der Waals surface area (Å²) in [5, 5.41) is 0. The van der Waals surface area contributed by atoms with Crippen molar-refractivity contribution in [3.05, 3.63) is 0 Å². The highest BCUT2D eigenvalue weighted by Crippen LogP contribution is 2.37. The predicted molar refractivity (Wildman–Crippen MR) is 70.0 cm³/mol. The quantitative estimate of drug-likeness (QED) is 0.597. The zero-order valence-electron chi connectivity index (χ0n) is 11.4. The molecule has 2 nitrogen and oxygen atoms in total. The smallest absolute Gasteiger partial charge is 0.139 e. The van der Waals surface area contributed by atoms with Gasteiger partial charge in [0.15, 0.2) is 0 Å². The van der Waals surface area contributed by atoms with Crippen molar-refractivity contribution in [1.29, 1.82) is 0 Å². The molecule has 1 unspecified atom stereocenters. The molecule has 17 heavy (non-hydrogen) atoms. The van der Waals surface area contributed by atoms with Gasteiger partial charge in [-0.15, -0.1) is 0 Å². The first kappa shape index (κ1) is 14.4. The average molecular weight is 238 g/mol. The van der Waals surface area contributed by atoms with Gasteiger partial charge in [0, 0.05) is 24.7 Å². The Morgan fingerprint density at radius 3 is 2.41 bits per heavy atom. The van der Waals surface area contributed by atoms with Crippen LogP contribution >= 0.6 is 0 Å². The van der Waals surface area contributed by atoms with Gasteiger partial charge in [-0.2, -0.15) is 0 Å². The molecule has 1 aliphatic rings. The summed E-state index contributed by atoms with van der Waals surface area (Å²) in [6.07, 6.45) is 9.83. The number of ketones is 2. The van der Waals surface area contributed by atoms with E-state index in [1.54, 1.807) is 0 Å². The molecule has 0 radical (unpaired) electrons. The summed E-state index contributed by atoms with van der Waals surface area (Å²) in [5.74, 6) is 0.586. The van der Waals surface area contributed by atoms with Crippen LogP contribution in [0.2, 0.25) is 0 Å². The van der Waals surface area contributed by atoms with Crippen molar-refractivity contribution < 1.29 is 9.59 Å². The number of hydrogen-bond donors (Lipinski definition) is 0. The molecule has 0 saturated heterocycles. The molecule has 1 fully saturated rings. The van der Waals surface area contributed by atoms with Crippen LogP contribution in [0.1, 0.15) is 78.1 Å². The molecule has 2 heteroatoms. The van der Waals surface area contributed by atoms with Gasteiger partial charge in [0.1, 0.15) is 11.6 Å². The van der Waals surface area contributed by atoms with Gasteiger partial charge in [-0.05, 0) is 12.8 Å². The number of carbonyl (C=O) groups excluding carboxylic acids is 2. The fourth-order valence-electron chi connectivity index (χ4n) is 2.63. The monoisotopic (exact) mass is 238 g/mol. The lowest BCUT2D eigenvalue weighted by atomic mass is 9.81. The summed E-state index contributed by atoms with van der Waals surface area (Å²) in [5.41, 5.74) is -0.319. The number of hydrogen-bond acceptors (Lipinski definition) is 2. The lowest BCUT2D eigenvalue weighted by Crippen LogP contribution is -2.24. The molecule has 0 aromatic heterocycles. The van der Waals surface area contributed by atoms with Crippen LogP contribution in [0.5, 0.6) is 0 Å². The van der Waals surface area contributed by atoms with E-state index in [0.717, 1.165) is 19.3 Å². The third kappa shape index (κ3) is 4.61. The van der Waals surface area contributed by atoms with E-state index >= 15 is 0 Å². The Morgan fingerprint density at radius 1 is 1.18 bits per heavy atom. The number of rotatable bonds is 8. The van der Waals surface area contributed by atoms with E-state index in [2.05, 4.69) is 6.92 Å². The van der Waals surface area contributed by atoms with Crippen LogP contribution in [0.15, 0.2) is 0 Å². The minimum atomic E-state index is -0.319. The van der Waals surface area contributed by atoms with Crippen molar-refractivity contribution in [2.45, 2.75) is 78.1 Å². The van der Waals surface area contributed by atoms with E-state index in [1.807, 2.05) is 6.92 Å². The van der Waals surface area contributed by atoms with Crippen molar-refractivity contribution in [2.75, 3.05) is 0 Å². The van der Waals surface area contributed by atoms with Crippen molar-refractivity contribution >= 4 is 11.6 Å². The maximum Gasteiger partial charge on any atom is 0.139 e. The van der Waals surface area contributed by atoms with Gasteiger partial charge in [0.05, 0.1) is 0 Å². The Labute approximate surface area is 105 Å². The summed E-state index contributed by atoms with van der Waals surface area (Å²) in [4.78, 5) is 23.3. The molecule has 0 N–H and O–H groups in total. The van der Waals surface area contributed by atoms with E-state index in [1.165, 1.54) is 25.7 Å². The molecule has 0 amide bonds. The highest BCUT2D eigenvalue weighted by molar-refractivity contribution is 5.93. The number of unbranched alkanes of at least 4 members (excludes halogenated alkanes) is 5. The van der Waals surface area contributed by atoms with Crippen LogP contribution < -0.4 is 0 Å². The fraction of sp³-hybridized carbons (Fsp3) is 0.867. The van der Waals surface area contributed by atoms with Gasteiger partial charge >= 0.3 is 0 Å². The van der Waals surface area contributed by atoms with E-state index < -0.39 is 0 Å². The first-order valence-corrected chi connectivity index (χ1v) is 7.13. The largest absolute Gasteiger partial charge is 0.300 e. The minimum absolute atomic E-state index is 0.267. The Balaban J connectivity index is 2.15. The van der Waals surface area contributed by atoms with Crippen LogP contribution in [-0.4, -0.2) is 11.6 Å². The van der Waals surface area contributed by atoms with Crippen molar-refractivity contribution in [2.24, 2.45) is 5.41 Å². The molecule has 0 spiro atoms. The van der Waals surface area contributed by atoms with Gasteiger partial charge in [0.25, 0.3) is 0 Å². The van der Waals surface area contributed by atoms with Gasteiger partial charge < -0.3 is 0 Å². The first-order valence-electron chi connectivity index (χ1n) is 7.13. The molecule has 0 aliphatic heterocycles. The SMILES string of the molecule is CCCCCCCCC(=O)C1(C)CCC(=O)C1. The van der Waals surface area contributed by atoms with E-state index in [4.69, 9.17) is 0 Å². The molecule has 1 saturated carbocycles. The second-order valence-electron chi connectivity index (χ2n) is 5.72. The molecule has 0 heterocycles. The third-order valence-corrected chi connectivity index (χ3v) is 3.97. The molecule has 1 aliphatic carbocycles. The summed E-state index contributed by atoms with van der Waals surface area (Å²) in [6.45, 7) is 4.18. The van der Waals surface area contributed by atoms with E-state index in [9.17, 15) is 9.59 Å². The van der Waals surface area contributed by atoms with Gasteiger partial charge in [-0.1, -0.05) is 46.0 Å². The van der Waals surface area contributed by atoms with Gasteiger partial charge in [-0.25, -0.2) is 0 Å². The number of carbonyl (C=O) groups is 2. The van der Waals surface area contributed by atoms with Crippen LogP contribution in [0.3, 0.4) is 0 Å². The lowest BCUT2D eigenvalue weighted by molar-refractivity contribution is -0.129. The molecule has 0 aromatic rings. The molecule has 1 rings (SSSR count). The normalized spacial score (nSPS) is 24.2. The third-order valence-electron chi connectivity index (χ3n) is 3.97. The Morgan fingerprint density at radius 2 is 1.82 bits per heavy atom. The van der Waals surface area contributed by atoms with Crippen LogP contribution in [0, 0.1) is 5.41 Å². The average Bonchev–Trinajstić information content (AvgIpc) is 2.65. The van der Waals surface area contributed by atoms with Gasteiger partial charge in [0.2, 0.25) is 0 Å². The van der Waals surface area contributed by atoms with Crippen molar-refractivity contribution in [3.8, 4) is 0 Å². The zero-order chi connectivity index (χ0) is 12.7. The summed E-state index contributed by atoms with van der Waals surface area (Å²) < 4.78 is 0. The zero-order valence-corrected chi connectivity index (χ0v) is 11.4. The maximum atomic E-state index is 12.0. The highest BCUT2D eigenvalue weighted by atomic mass is 16.1. The van der Waals surface area contributed by atoms with Crippen molar-refractivity contribution in [1.82, 2.24) is 0 Å². The first-order chi connectivity index (χ1) is 8.08. The molecule has 1 atom stereocenters. The van der Waals surface area contributed by atoms with Crippen molar-refractivity contribution in [3.63, 3.8) is 0 Å². The van der Waals surface area contributed by atoms with E-state index in [0.29, 0.717) is 25.0 Å². The Hall–Kier alpha value is -0.660. The summed E-state index contributed by atoms with van der Waals surface area (Å²) in [7, 11) is 0. The molecular weight excluding hydrogens is 212 g/mol. The summed E-state index contributed by atoms with van der Waals surface area (Å²) in [6, 6.07) is 0. The van der Waals surface area contributed by atoms with Crippen LogP contribution in [0.25, 0.3) is 0 Å². The summed E-state index contributed by atoms with van der Waals surface area (Å²) >= 11 is 0. The predicted octanol–water partition coefficient (Wildman–Crippen LogP) is 4.07. The Bertz CT molecular complexity index is 270. The molecular formula is C15H26O2. The standard InChI is InChI=1S/C15H26O2/c1-3-4-5-6-7-8-9-14(17)15(2)11-10-13(16)12-15/h3-12H2,1-2H3. The molecule has 0 aromatic carbocycles. The number of Topliss-reactive ketones (excluding diaryl/α,β-unsaturated/α-hetero) is 2. The van der Waals surface area contributed by atoms with Crippen LogP contribution in [0.4, 0.5) is 0 Å².